The van der Waals surface area contributed by atoms with Crippen molar-refractivity contribution in [1.82, 2.24) is 10.0 Å². The summed E-state index contributed by atoms with van der Waals surface area (Å²) < 4.78 is 26.5. The van der Waals surface area contributed by atoms with Crippen LogP contribution in [0.3, 0.4) is 0 Å². The molecule has 1 aromatic rings. The molecule has 0 saturated carbocycles. The first-order valence-corrected chi connectivity index (χ1v) is 8.21. The van der Waals surface area contributed by atoms with Gasteiger partial charge in [-0.15, -0.1) is 0 Å². The summed E-state index contributed by atoms with van der Waals surface area (Å²) in [4.78, 5) is 11.3. The number of hydrogen-bond acceptors (Lipinski definition) is 4. The van der Waals surface area contributed by atoms with Crippen LogP contribution in [-0.4, -0.2) is 26.4 Å². The molecule has 1 aromatic carbocycles. The van der Waals surface area contributed by atoms with Crippen molar-refractivity contribution in [3.8, 4) is 0 Å². The summed E-state index contributed by atoms with van der Waals surface area (Å²) in [7, 11) is -4.02. The van der Waals surface area contributed by atoms with E-state index in [0.717, 1.165) is 0 Å². The summed E-state index contributed by atoms with van der Waals surface area (Å²) in [6.45, 7) is 4.94. The number of nitrogen functional groups attached to an aromatic ring is 1. The highest BCUT2D eigenvalue weighted by Gasteiger charge is 2.23. The number of carbonyl (C=O) groups excluding carboxylic acids is 1. The Balaban J connectivity index is 2.91. The minimum Gasteiger partial charge on any atom is -0.398 e. The molecular weight excluding hydrogens is 337 g/mol. The maximum Gasteiger partial charge on any atom is 0.244 e. The molecule has 0 radical (unpaired) electrons. The predicted octanol–water partition coefficient (Wildman–Crippen LogP) is 1.77. The smallest absolute Gasteiger partial charge is 0.244 e. The normalized spacial score (nSPS) is 12.2. The number of hydrogen-bond donors (Lipinski definition) is 3. The highest BCUT2D eigenvalue weighted by molar-refractivity contribution is 7.89. The number of halogens is 2. The Hall–Kier alpha value is -1.02. The fourth-order valence-corrected chi connectivity index (χ4v) is 3.52. The van der Waals surface area contributed by atoms with Gasteiger partial charge in [-0.25, -0.2) is 13.1 Å². The monoisotopic (exact) mass is 353 g/mol. The van der Waals surface area contributed by atoms with Crippen LogP contribution in [-0.2, 0) is 14.8 Å². The Morgan fingerprint density at radius 1 is 1.29 bits per heavy atom. The van der Waals surface area contributed by atoms with Gasteiger partial charge in [-0.2, -0.15) is 0 Å². The highest BCUT2D eigenvalue weighted by Crippen LogP contribution is 2.30. The van der Waals surface area contributed by atoms with Crippen molar-refractivity contribution in [2.24, 2.45) is 0 Å². The van der Waals surface area contributed by atoms with Crippen LogP contribution < -0.4 is 15.8 Å². The summed E-state index contributed by atoms with van der Waals surface area (Å²) in [5, 5.41) is 2.75. The number of benzene rings is 1. The first-order valence-electron chi connectivity index (χ1n) is 5.97. The third kappa shape index (κ3) is 5.35. The molecule has 0 heterocycles. The Morgan fingerprint density at radius 2 is 1.86 bits per heavy atom. The van der Waals surface area contributed by atoms with Crippen LogP contribution in [0.1, 0.15) is 20.8 Å². The topological polar surface area (TPSA) is 101 Å². The summed E-state index contributed by atoms with van der Waals surface area (Å²) in [5.41, 5.74) is 5.08. The molecule has 1 amide bonds. The molecule has 0 aliphatic carbocycles. The van der Waals surface area contributed by atoms with Crippen LogP contribution in [0.5, 0.6) is 0 Å². The fourth-order valence-electron chi connectivity index (χ4n) is 1.56. The molecule has 0 atom stereocenters. The Kier molecular flexibility index (Phi) is 5.49. The lowest BCUT2D eigenvalue weighted by Crippen LogP contribution is -2.45. The third-order valence-electron chi connectivity index (χ3n) is 2.24. The number of nitrogens with two attached hydrogens (primary N) is 1. The van der Waals surface area contributed by atoms with Crippen molar-refractivity contribution in [1.29, 1.82) is 0 Å². The van der Waals surface area contributed by atoms with E-state index in [4.69, 9.17) is 28.9 Å². The van der Waals surface area contributed by atoms with Gasteiger partial charge in [-0.3, -0.25) is 4.79 Å². The second-order valence-corrected chi connectivity index (χ2v) is 7.98. The molecule has 0 spiro atoms. The number of carbonyl (C=O) groups is 1. The maximum absolute atomic E-state index is 12.2. The van der Waals surface area contributed by atoms with Gasteiger partial charge in [-0.05, 0) is 32.9 Å². The Labute approximate surface area is 134 Å². The summed E-state index contributed by atoms with van der Waals surface area (Å²) in [6.07, 6.45) is 0. The van der Waals surface area contributed by atoms with Gasteiger partial charge in [0, 0.05) is 10.6 Å². The molecule has 0 saturated heterocycles. The molecule has 0 aliphatic rings. The van der Waals surface area contributed by atoms with E-state index in [1.807, 2.05) is 0 Å². The van der Waals surface area contributed by atoms with Gasteiger partial charge < -0.3 is 11.1 Å². The van der Waals surface area contributed by atoms with Crippen LogP contribution in [0.15, 0.2) is 17.0 Å². The number of nitrogens with one attached hydrogen (secondary N) is 2. The molecule has 0 aromatic heterocycles. The number of sulfonamides is 1. The molecule has 9 heteroatoms. The van der Waals surface area contributed by atoms with Crippen molar-refractivity contribution in [3.63, 3.8) is 0 Å². The van der Waals surface area contributed by atoms with Gasteiger partial charge >= 0.3 is 0 Å². The number of anilines is 1. The van der Waals surface area contributed by atoms with Crippen molar-refractivity contribution >= 4 is 44.8 Å². The van der Waals surface area contributed by atoms with Gasteiger partial charge in [0.15, 0.2) is 0 Å². The molecule has 0 unspecified atom stereocenters. The van der Waals surface area contributed by atoms with E-state index >= 15 is 0 Å². The fraction of sp³-hybridized carbons (Fsp3) is 0.417. The zero-order valence-electron chi connectivity index (χ0n) is 11.8. The number of amides is 1. The summed E-state index contributed by atoms with van der Waals surface area (Å²) >= 11 is 11.6. The zero-order valence-corrected chi connectivity index (χ0v) is 14.2. The predicted molar refractivity (Wildman–Crippen MR) is 84.0 cm³/mol. The molecule has 0 bridgehead atoms. The first-order chi connectivity index (χ1) is 9.42. The molecule has 4 N–H and O–H groups in total. The van der Waals surface area contributed by atoms with E-state index in [9.17, 15) is 13.2 Å². The molecule has 6 nitrogen and oxygen atoms in total. The van der Waals surface area contributed by atoms with Crippen LogP contribution in [0.2, 0.25) is 10.0 Å². The Bertz CT molecular complexity index is 631. The van der Waals surface area contributed by atoms with Gasteiger partial charge in [0.1, 0.15) is 4.90 Å². The SMILES string of the molecule is CC(C)(C)NC(=O)CNS(=O)(=O)c1c(N)cc(Cl)cc1Cl. The van der Waals surface area contributed by atoms with Gasteiger partial charge in [0.05, 0.1) is 17.3 Å². The zero-order chi connectivity index (χ0) is 16.4. The van der Waals surface area contributed by atoms with Crippen molar-refractivity contribution < 1.29 is 13.2 Å². The molecule has 0 fully saturated rings. The largest absolute Gasteiger partial charge is 0.398 e. The average Bonchev–Trinajstić information content (AvgIpc) is 2.22. The van der Waals surface area contributed by atoms with Crippen LogP contribution in [0.25, 0.3) is 0 Å². The average molecular weight is 354 g/mol. The van der Waals surface area contributed by atoms with Crippen molar-refractivity contribution in [2.45, 2.75) is 31.2 Å². The van der Waals surface area contributed by atoms with E-state index in [2.05, 4.69) is 10.0 Å². The first kappa shape index (κ1) is 18.0. The lowest BCUT2D eigenvalue weighted by molar-refractivity contribution is -0.121. The van der Waals surface area contributed by atoms with E-state index < -0.39 is 28.0 Å². The van der Waals surface area contributed by atoms with E-state index in [1.165, 1.54) is 12.1 Å². The lowest BCUT2D eigenvalue weighted by Gasteiger charge is -2.20. The van der Waals surface area contributed by atoms with E-state index in [0.29, 0.717) is 0 Å². The number of rotatable bonds is 4. The third-order valence-corrected chi connectivity index (χ3v) is 4.39. The van der Waals surface area contributed by atoms with Gasteiger partial charge in [0.25, 0.3) is 0 Å². The summed E-state index contributed by atoms with van der Waals surface area (Å²) in [5.74, 6) is -0.463. The molecule has 1 rings (SSSR count). The molecular formula is C12H17Cl2N3O3S. The molecule has 21 heavy (non-hydrogen) atoms. The minimum absolute atomic E-state index is 0.0868. The van der Waals surface area contributed by atoms with Crippen molar-refractivity contribution in [2.75, 3.05) is 12.3 Å². The molecule has 0 aliphatic heterocycles. The maximum atomic E-state index is 12.2. The summed E-state index contributed by atoms with van der Waals surface area (Å²) in [6, 6.07) is 2.54. The Morgan fingerprint density at radius 3 is 2.33 bits per heavy atom. The second-order valence-electron chi connectivity index (χ2n) is 5.43. The van der Waals surface area contributed by atoms with Crippen LogP contribution >= 0.6 is 23.2 Å². The minimum atomic E-state index is -4.02. The van der Waals surface area contributed by atoms with Crippen molar-refractivity contribution in [3.05, 3.63) is 22.2 Å². The second kappa shape index (κ2) is 6.39. The van der Waals surface area contributed by atoms with E-state index in [-0.39, 0.29) is 20.6 Å². The standard InChI is InChI=1S/C12H17Cl2N3O3S/c1-12(2,3)17-10(18)6-16-21(19,20)11-8(14)4-7(13)5-9(11)15/h4-5,16H,6,15H2,1-3H3,(H,17,18). The quantitative estimate of drug-likeness (QED) is 0.717. The van der Waals surface area contributed by atoms with Crippen LogP contribution in [0, 0.1) is 0 Å². The van der Waals surface area contributed by atoms with Gasteiger partial charge in [-0.1, -0.05) is 23.2 Å². The van der Waals surface area contributed by atoms with Crippen LogP contribution in [0.4, 0.5) is 5.69 Å². The van der Waals surface area contributed by atoms with E-state index in [1.54, 1.807) is 20.8 Å². The van der Waals surface area contributed by atoms with Gasteiger partial charge in [0.2, 0.25) is 15.9 Å². The molecule has 118 valence electrons. The lowest BCUT2D eigenvalue weighted by atomic mass is 10.1. The highest BCUT2D eigenvalue weighted by atomic mass is 35.5.